The minimum atomic E-state index is -2.74. The van der Waals surface area contributed by atoms with E-state index in [1.807, 2.05) is 48.5 Å². The Balaban J connectivity index is 0.000000541. The molecule has 2 aromatic rings. The summed E-state index contributed by atoms with van der Waals surface area (Å²) in [5.74, 6) is -5.86. The molecular weight excluding hydrogens is 508 g/mol. The second kappa shape index (κ2) is 16.8. The predicted molar refractivity (Wildman–Crippen MR) is 135 cm³/mol. The Bertz CT molecular complexity index is 1020. The van der Waals surface area contributed by atoms with E-state index in [9.17, 15) is 24.0 Å². The summed E-state index contributed by atoms with van der Waals surface area (Å²) in [5.41, 5.74) is 1.78. The van der Waals surface area contributed by atoms with Crippen LogP contribution in [0.4, 0.5) is 0 Å². The predicted octanol–water partition coefficient (Wildman–Crippen LogP) is 1.26. The second-order valence-electron chi connectivity index (χ2n) is 7.75. The van der Waals surface area contributed by atoms with Gasteiger partial charge in [-0.15, -0.1) is 12.6 Å². The van der Waals surface area contributed by atoms with E-state index in [-0.39, 0.29) is 5.12 Å². The largest absolute Gasteiger partial charge is 0.481 e. The molecule has 0 saturated heterocycles. The number of aliphatic carboxylic acids is 4. The average Bonchev–Trinajstić information content (AvgIpc) is 2.79. The quantitative estimate of drug-likeness (QED) is 0.160. The summed E-state index contributed by atoms with van der Waals surface area (Å²) in [5, 5.41) is 44.3. The molecule has 0 saturated carbocycles. The highest BCUT2D eigenvalue weighted by atomic mass is 32.1. The Morgan fingerprint density at radius 2 is 1.27 bits per heavy atom. The third-order valence-corrected chi connectivity index (χ3v) is 4.56. The number of rotatable bonds is 11. The van der Waals surface area contributed by atoms with Gasteiger partial charge in [-0.1, -0.05) is 60.7 Å². The minimum Gasteiger partial charge on any atom is -0.481 e. The number of thiol groups is 1. The summed E-state index contributed by atoms with van der Waals surface area (Å²) in [7, 11) is 3.56. The Hall–Kier alpha value is -3.78. The van der Waals surface area contributed by atoms with Crippen LogP contribution < -0.4 is 5.43 Å². The van der Waals surface area contributed by atoms with E-state index in [0.29, 0.717) is 12.0 Å². The first-order valence-electron chi connectivity index (χ1n) is 10.6. The van der Waals surface area contributed by atoms with E-state index >= 15 is 0 Å². The standard InChI is InChI=1S/C11H16N2O2.C7H6OS.C6H8O7/c1-13(2)12-10(11(14)15)8-9-6-4-3-5-7-9;8-7(9)6-4-2-1-3-5-6;7-3(8)1-6(13,5(11)12)2-4(9)10/h3-7,10,12H,8H2,1-2H3,(H,14,15);1-5H,(H,8,9);13H,1-2H2,(H,7,8)(H,9,10)(H,11,12)/t10-;;/m0../s1. The molecule has 2 rings (SSSR count). The summed E-state index contributed by atoms with van der Waals surface area (Å²) in [6, 6.07) is 17.9. The normalized spacial score (nSPS) is 11.2. The second-order valence-corrected chi connectivity index (χ2v) is 8.16. The van der Waals surface area contributed by atoms with Gasteiger partial charge < -0.3 is 25.5 Å². The molecule has 0 aromatic heterocycles. The van der Waals surface area contributed by atoms with Crippen LogP contribution in [-0.2, 0) is 25.6 Å². The number of nitrogens with one attached hydrogen (secondary N) is 1. The molecule has 0 aliphatic heterocycles. The van der Waals surface area contributed by atoms with Gasteiger partial charge in [0.15, 0.2) is 5.60 Å². The van der Waals surface area contributed by atoms with Crippen LogP contribution in [0.5, 0.6) is 0 Å². The van der Waals surface area contributed by atoms with Gasteiger partial charge in [0.1, 0.15) is 6.04 Å². The Kier molecular flexibility index (Phi) is 15.1. The SMILES string of the molecule is CN(C)N[C@@H](Cc1ccccc1)C(=O)O.O=C(O)CC(O)(CC(=O)O)C(=O)O.O=C(S)c1ccccc1. The van der Waals surface area contributed by atoms with Crippen LogP contribution in [0, 0.1) is 0 Å². The molecule has 0 heterocycles. The number of carboxylic acid groups (broad SMARTS) is 4. The van der Waals surface area contributed by atoms with Crippen LogP contribution >= 0.6 is 12.6 Å². The van der Waals surface area contributed by atoms with Crippen LogP contribution in [0.25, 0.3) is 0 Å². The van der Waals surface area contributed by atoms with Gasteiger partial charge in [0.05, 0.1) is 12.8 Å². The van der Waals surface area contributed by atoms with Gasteiger partial charge in [0.25, 0.3) is 0 Å². The molecule has 0 aliphatic carbocycles. The molecule has 0 bridgehead atoms. The molecule has 2 aromatic carbocycles. The zero-order valence-electron chi connectivity index (χ0n) is 20.1. The molecular formula is C24H30N2O10S. The van der Waals surface area contributed by atoms with E-state index in [0.717, 1.165) is 5.56 Å². The minimum absolute atomic E-state index is 0.185. The van der Waals surface area contributed by atoms with Crippen molar-refractivity contribution in [1.82, 2.24) is 10.4 Å². The van der Waals surface area contributed by atoms with Gasteiger partial charge in [-0.2, -0.15) is 0 Å². The molecule has 1 atom stereocenters. The fourth-order valence-corrected chi connectivity index (χ4v) is 2.79. The van der Waals surface area contributed by atoms with Crippen molar-refractivity contribution >= 4 is 41.6 Å². The Labute approximate surface area is 218 Å². The van der Waals surface area contributed by atoms with Crippen molar-refractivity contribution in [2.24, 2.45) is 0 Å². The van der Waals surface area contributed by atoms with Gasteiger partial charge in [-0.05, 0) is 12.0 Å². The lowest BCUT2D eigenvalue weighted by atomic mass is 9.96. The summed E-state index contributed by atoms with van der Waals surface area (Å²) >= 11 is 3.65. The van der Waals surface area contributed by atoms with Crippen molar-refractivity contribution in [2.45, 2.75) is 30.9 Å². The van der Waals surface area contributed by atoms with Crippen LogP contribution in [0.2, 0.25) is 0 Å². The first-order valence-corrected chi connectivity index (χ1v) is 11.0. The molecule has 0 radical (unpaired) electrons. The van der Waals surface area contributed by atoms with E-state index in [4.69, 9.17) is 25.5 Å². The zero-order chi connectivity index (χ0) is 28.6. The van der Waals surface area contributed by atoms with Gasteiger partial charge in [0, 0.05) is 19.7 Å². The Morgan fingerprint density at radius 3 is 1.57 bits per heavy atom. The maximum atomic E-state index is 11.0. The van der Waals surface area contributed by atoms with Crippen molar-refractivity contribution in [3.05, 3.63) is 71.8 Å². The number of nitrogens with zero attached hydrogens (tertiary/aromatic N) is 1. The number of carboxylic acids is 4. The highest BCUT2D eigenvalue weighted by Crippen LogP contribution is 2.15. The number of hydrogen-bond donors (Lipinski definition) is 7. The van der Waals surface area contributed by atoms with Gasteiger partial charge in [0.2, 0.25) is 5.12 Å². The molecule has 0 fully saturated rings. The first-order chi connectivity index (χ1) is 17.2. The van der Waals surface area contributed by atoms with E-state index in [1.165, 1.54) is 0 Å². The average molecular weight is 539 g/mol. The molecule has 0 spiro atoms. The monoisotopic (exact) mass is 538 g/mol. The van der Waals surface area contributed by atoms with Crippen molar-refractivity contribution in [1.29, 1.82) is 0 Å². The molecule has 0 aliphatic rings. The third kappa shape index (κ3) is 15.0. The third-order valence-electron chi connectivity index (χ3n) is 4.30. The fourth-order valence-electron chi connectivity index (χ4n) is 2.64. The molecule has 13 heteroatoms. The van der Waals surface area contributed by atoms with Crippen molar-refractivity contribution in [3.63, 3.8) is 0 Å². The van der Waals surface area contributed by atoms with Crippen LogP contribution in [0.1, 0.15) is 28.8 Å². The molecule has 6 N–H and O–H groups in total. The number of benzene rings is 2. The van der Waals surface area contributed by atoms with Crippen LogP contribution in [0.3, 0.4) is 0 Å². The van der Waals surface area contributed by atoms with Crippen molar-refractivity contribution < 1.29 is 49.5 Å². The Morgan fingerprint density at radius 1 is 0.838 bits per heavy atom. The lowest BCUT2D eigenvalue weighted by Gasteiger charge is -2.19. The molecule has 12 nitrogen and oxygen atoms in total. The number of carbonyl (C=O) groups is 5. The van der Waals surface area contributed by atoms with Crippen molar-refractivity contribution in [2.75, 3.05) is 14.1 Å². The number of hydrazine groups is 1. The van der Waals surface area contributed by atoms with E-state index in [2.05, 4.69) is 18.1 Å². The van der Waals surface area contributed by atoms with Crippen molar-refractivity contribution in [3.8, 4) is 0 Å². The highest BCUT2D eigenvalue weighted by Gasteiger charge is 2.40. The van der Waals surface area contributed by atoms with Crippen LogP contribution in [0.15, 0.2) is 60.7 Å². The zero-order valence-corrected chi connectivity index (χ0v) is 21.0. The maximum absolute atomic E-state index is 11.0. The number of hydrogen-bond acceptors (Lipinski definition) is 8. The summed E-state index contributed by atoms with van der Waals surface area (Å²) < 4.78 is 0. The topological polar surface area (TPSA) is 202 Å². The summed E-state index contributed by atoms with van der Waals surface area (Å²) in [6.45, 7) is 0. The van der Waals surface area contributed by atoms with E-state index in [1.54, 1.807) is 31.2 Å². The van der Waals surface area contributed by atoms with Gasteiger partial charge >= 0.3 is 23.9 Å². The molecule has 0 unspecified atom stereocenters. The lowest BCUT2D eigenvalue weighted by Crippen LogP contribution is -2.45. The number of aliphatic hydroxyl groups is 1. The summed E-state index contributed by atoms with van der Waals surface area (Å²) in [4.78, 5) is 51.9. The fraction of sp³-hybridized carbons (Fsp3) is 0.292. The first kappa shape index (κ1) is 33.2. The van der Waals surface area contributed by atoms with Gasteiger partial charge in [-0.25, -0.2) is 15.2 Å². The lowest BCUT2D eigenvalue weighted by molar-refractivity contribution is -0.170. The maximum Gasteiger partial charge on any atom is 0.336 e. The van der Waals surface area contributed by atoms with Gasteiger partial charge in [-0.3, -0.25) is 19.2 Å². The van der Waals surface area contributed by atoms with E-state index < -0.39 is 48.4 Å². The summed E-state index contributed by atoms with van der Waals surface area (Å²) in [6.07, 6.45) is -1.81. The molecule has 202 valence electrons. The molecule has 37 heavy (non-hydrogen) atoms. The smallest absolute Gasteiger partial charge is 0.336 e. The molecule has 0 amide bonds. The highest BCUT2D eigenvalue weighted by molar-refractivity contribution is 7.97. The number of carbonyl (C=O) groups excluding carboxylic acids is 1. The van der Waals surface area contributed by atoms with Crippen LogP contribution in [-0.4, -0.2) is 85.3 Å².